The maximum Gasteiger partial charge on any atom is 0.343 e. The lowest BCUT2D eigenvalue weighted by Gasteiger charge is -2.10. The molecule has 0 aliphatic carbocycles. The highest BCUT2D eigenvalue weighted by atomic mass is 79.9. The number of hydrogen-bond donors (Lipinski definition) is 2. The van der Waals surface area contributed by atoms with Gasteiger partial charge in [0.25, 0.3) is 5.91 Å². The quantitative estimate of drug-likeness (QED) is 0.0845. The van der Waals surface area contributed by atoms with E-state index in [9.17, 15) is 9.59 Å². The van der Waals surface area contributed by atoms with Crippen LogP contribution in [0.4, 0.5) is 0 Å². The van der Waals surface area contributed by atoms with E-state index in [-0.39, 0.29) is 5.75 Å². The smallest absolute Gasteiger partial charge is 0.343 e. The van der Waals surface area contributed by atoms with Crippen LogP contribution in [0.5, 0.6) is 5.75 Å². The molecule has 0 aliphatic heterocycles. The number of aromatic nitrogens is 1. The number of carbonyl (C=O) groups excluding carboxylic acids is 2. The first-order valence-corrected chi connectivity index (χ1v) is 13.3. The molecule has 0 aliphatic rings. The predicted molar refractivity (Wildman–Crippen MR) is 157 cm³/mol. The van der Waals surface area contributed by atoms with Crippen LogP contribution in [-0.4, -0.2) is 23.1 Å². The normalized spacial score (nSPS) is 11.1. The van der Waals surface area contributed by atoms with Gasteiger partial charge in [-0.3, -0.25) is 4.79 Å². The molecule has 4 aromatic carbocycles. The Morgan fingerprint density at radius 3 is 2.42 bits per heavy atom. The van der Waals surface area contributed by atoms with Gasteiger partial charge in [-0.1, -0.05) is 82.1 Å². The summed E-state index contributed by atoms with van der Waals surface area (Å²) in [4.78, 5) is 29.1. The third kappa shape index (κ3) is 5.43. The van der Waals surface area contributed by atoms with Gasteiger partial charge in [-0.2, -0.15) is 5.10 Å². The van der Waals surface area contributed by atoms with Crippen LogP contribution in [0.15, 0.2) is 105 Å². The van der Waals surface area contributed by atoms with E-state index in [1.54, 1.807) is 42.5 Å². The molecule has 2 N–H and O–H groups in total. The van der Waals surface area contributed by atoms with Crippen molar-refractivity contribution in [2.75, 3.05) is 0 Å². The number of H-pyrrole nitrogens is 1. The monoisotopic (exact) mass is 649 g/mol. The molecule has 5 aromatic rings. The van der Waals surface area contributed by atoms with Gasteiger partial charge in [-0.15, -0.1) is 0 Å². The SMILES string of the molecule is O=C(Oc1c(Br)cc(Br)cc1C=NNC(=O)c1[nH]c2ccccc2c1-c1ccccc1Cl)c1ccccc1. The molecule has 188 valence electrons. The summed E-state index contributed by atoms with van der Waals surface area (Å²) in [6.07, 6.45) is 1.42. The molecule has 9 heteroatoms. The summed E-state index contributed by atoms with van der Waals surface area (Å²) in [5.74, 6) is -0.707. The highest BCUT2D eigenvalue weighted by Gasteiger charge is 2.21. The number of ether oxygens (including phenoxy) is 1. The van der Waals surface area contributed by atoms with E-state index < -0.39 is 11.9 Å². The molecule has 1 amide bonds. The summed E-state index contributed by atoms with van der Waals surface area (Å²) >= 11 is 13.4. The maximum absolute atomic E-state index is 13.3. The van der Waals surface area contributed by atoms with E-state index >= 15 is 0 Å². The zero-order chi connectivity index (χ0) is 26.6. The Balaban J connectivity index is 1.45. The number of aromatic amines is 1. The zero-order valence-corrected chi connectivity index (χ0v) is 23.5. The van der Waals surface area contributed by atoms with Crippen molar-refractivity contribution in [2.45, 2.75) is 0 Å². The molecule has 6 nitrogen and oxygen atoms in total. The lowest BCUT2D eigenvalue weighted by atomic mass is 10.0. The topological polar surface area (TPSA) is 83.5 Å². The molecule has 0 bridgehead atoms. The van der Waals surface area contributed by atoms with E-state index in [0.29, 0.717) is 31.9 Å². The van der Waals surface area contributed by atoms with Gasteiger partial charge >= 0.3 is 5.97 Å². The summed E-state index contributed by atoms with van der Waals surface area (Å²) in [7, 11) is 0. The molecule has 38 heavy (non-hydrogen) atoms. The van der Waals surface area contributed by atoms with Gasteiger partial charge in [0, 0.05) is 37.1 Å². The van der Waals surface area contributed by atoms with Crippen molar-refractivity contribution < 1.29 is 14.3 Å². The number of para-hydroxylation sites is 1. The predicted octanol–water partition coefficient (Wildman–Crippen LogP) is 8.00. The summed E-state index contributed by atoms with van der Waals surface area (Å²) in [6, 6.07) is 27.1. The van der Waals surface area contributed by atoms with E-state index in [1.165, 1.54) is 6.21 Å². The van der Waals surface area contributed by atoms with Gasteiger partial charge in [0.15, 0.2) is 5.75 Å². The Morgan fingerprint density at radius 2 is 1.63 bits per heavy atom. The molecular formula is C29H18Br2ClN3O3. The number of rotatable bonds is 6. The lowest BCUT2D eigenvalue weighted by Crippen LogP contribution is -2.19. The van der Waals surface area contributed by atoms with Gasteiger partial charge in [0.05, 0.1) is 16.3 Å². The number of benzene rings is 4. The van der Waals surface area contributed by atoms with Crippen molar-refractivity contribution in [3.63, 3.8) is 0 Å². The van der Waals surface area contributed by atoms with Crippen molar-refractivity contribution in [1.29, 1.82) is 0 Å². The van der Waals surface area contributed by atoms with E-state index in [1.807, 2.05) is 48.5 Å². The van der Waals surface area contributed by atoms with Crippen LogP contribution in [0.3, 0.4) is 0 Å². The molecule has 0 radical (unpaired) electrons. The van der Waals surface area contributed by atoms with Gasteiger partial charge in [-0.05, 0) is 52.3 Å². The van der Waals surface area contributed by atoms with Crippen LogP contribution >= 0.6 is 43.5 Å². The van der Waals surface area contributed by atoms with Crippen molar-refractivity contribution in [1.82, 2.24) is 10.4 Å². The second-order valence-corrected chi connectivity index (χ2v) is 10.3. The van der Waals surface area contributed by atoms with Crippen LogP contribution in [0.25, 0.3) is 22.0 Å². The summed E-state index contributed by atoms with van der Waals surface area (Å²) in [6.45, 7) is 0. The van der Waals surface area contributed by atoms with E-state index in [0.717, 1.165) is 20.9 Å². The standard InChI is InChI=1S/C29H18Br2ClN3O3/c30-19-14-18(27(22(31)15-19)38-29(37)17-8-2-1-3-9-17)16-33-35-28(36)26-25(20-10-4-6-12-23(20)32)21-11-5-7-13-24(21)34-26/h1-16,34H,(H,35,36). The highest BCUT2D eigenvalue weighted by Crippen LogP contribution is 2.37. The largest absolute Gasteiger partial charge is 0.421 e. The van der Waals surface area contributed by atoms with Crippen molar-refractivity contribution >= 4 is 72.5 Å². The van der Waals surface area contributed by atoms with Crippen LogP contribution in [0.2, 0.25) is 5.02 Å². The average Bonchev–Trinajstić information content (AvgIpc) is 3.31. The molecular weight excluding hydrogens is 634 g/mol. The van der Waals surface area contributed by atoms with Crippen LogP contribution in [-0.2, 0) is 0 Å². The van der Waals surface area contributed by atoms with Crippen molar-refractivity contribution in [3.05, 3.63) is 122 Å². The van der Waals surface area contributed by atoms with Crippen LogP contribution in [0.1, 0.15) is 26.4 Å². The number of nitrogens with one attached hydrogen (secondary N) is 2. The molecule has 0 unspecified atom stereocenters. The molecule has 5 rings (SSSR count). The zero-order valence-electron chi connectivity index (χ0n) is 19.5. The fourth-order valence-corrected chi connectivity index (χ4v) is 5.55. The first-order chi connectivity index (χ1) is 18.4. The number of esters is 1. The lowest BCUT2D eigenvalue weighted by molar-refractivity contribution is 0.0733. The van der Waals surface area contributed by atoms with Crippen molar-refractivity contribution in [2.24, 2.45) is 5.10 Å². The minimum absolute atomic E-state index is 0.266. The number of hydrogen-bond acceptors (Lipinski definition) is 4. The number of nitrogens with zero attached hydrogens (tertiary/aromatic N) is 1. The van der Waals surface area contributed by atoms with E-state index in [4.69, 9.17) is 16.3 Å². The third-order valence-electron chi connectivity index (χ3n) is 5.69. The van der Waals surface area contributed by atoms with Crippen molar-refractivity contribution in [3.8, 4) is 16.9 Å². The Morgan fingerprint density at radius 1 is 0.921 bits per heavy atom. The van der Waals surface area contributed by atoms with Gasteiger partial charge in [0.2, 0.25) is 0 Å². The first kappa shape index (κ1) is 25.9. The first-order valence-electron chi connectivity index (χ1n) is 11.4. The fraction of sp³-hybridized carbons (Fsp3) is 0. The minimum Gasteiger partial charge on any atom is -0.421 e. The Hall–Kier alpha value is -3.72. The highest BCUT2D eigenvalue weighted by molar-refractivity contribution is 9.11. The van der Waals surface area contributed by atoms with E-state index in [2.05, 4.69) is 47.4 Å². The average molecular weight is 652 g/mol. The summed E-state index contributed by atoms with van der Waals surface area (Å²) < 4.78 is 6.93. The third-order valence-corrected chi connectivity index (χ3v) is 7.06. The van der Waals surface area contributed by atoms with Gasteiger partial charge < -0.3 is 9.72 Å². The second kappa shape index (κ2) is 11.3. The molecule has 0 saturated heterocycles. The minimum atomic E-state index is -0.519. The number of fused-ring (bicyclic) bond motifs is 1. The summed E-state index contributed by atoms with van der Waals surface area (Å²) in [5, 5.41) is 5.55. The Bertz CT molecular complexity index is 1700. The Kier molecular flexibility index (Phi) is 7.74. The number of carbonyl (C=O) groups is 2. The van der Waals surface area contributed by atoms with Gasteiger partial charge in [0.1, 0.15) is 5.69 Å². The Labute approximate surface area is 239 Å². The summed E-state index contributed by atoms with van der Waals surface area (Å²) in [5.41, 5.74) is 5.98. The number of hydrazone groups is 1. The van der Waals surface area contributed by atoms with Crippen LogP contribution < -0.4 is 10.2 Å². The fourth-order valence-electron chi connectivity index (χ4n) is 3.98. The second-order valence-electron chi connectivity index (χ2n) is 8.16. The molecule has 0 fully saturated rings. The van der Waals surface area contributed by atoms with Crippen LogP contribution in [0, 0.1) is 0 Å². The molecule has 1 aromatic heterocycles. The van der Waals surface area contributed by atoms with Gasteiger partial charge in [-0.25, -0.2) is 10.2 Å². The number of amides is 1. The molecule has 0 spiro atoms. The molecule has 1 heterocycles. The molecule has 0 saturated carbocycles. The molecule has 0 atom stereocenters. The maximum atomic E-state index is 13.3. The number of halogens is 3.